The Bertz CT molecular complexity index is 2210. The van der Waals surface area contributed by atoms with Crippen molar-refractivity contribution in [3.05, 3.63) is 177 Å². The summed E-state index contributed by atoms with van der Waals surface area (Å²) in [4.78, 5) is 11.6. The number of fused-ring (bicyclic) bond motifs is 1. The fourth-order valence-electron chi connectivity index (χ4n) is 7.04. The number of benzene rings is 5. The Morgan fingerprint density at radius 2 is 1.45 bits per heavy atom. The van der Waals surface area contributed by atoms with E-state index in [2.05, 4.69) is 33.6 Å². The number of aromatic nitrogens is 1. The van der Waals surface area contributed by atoms with E-state index in [0.29, 0.717) is 34.6 Å². The van der Waals surface area contributed by atoms with Gasteiger partial charge in [0.25, 0.3) is 0 Å². The molecule has 0 unspecified atom stereocenters. The maximum absolute atomic E-state index is 13.4. The van der Waals surface area contributed by atoms with E-state index in [1.165, 1.54) is 0 Å². The first-order chi connectivity index (χ1) is 24.6. The Hall–Kier alpha value is -4.73. The first-order valence-electron chi connectivity index (χ1n) is 17.0. The minimum atomic E-state index is -3.72. The number of rotatable bonds is 15. The summed E-state index contributed by atoms with van der Waals surface area (Å²) in [6.07, 6.45) is 2.65. The van der Waals surface area contributed by atoms with Crippen LogP contribution in [0.3, 0.4) is 0 Å². The summed E-state index contributed by atoms with van der Waals surface area (Å²) in [5.74, 6) is -1.17. The lowest BCUT2D eigenvalue weighted by atomic mass is 9.97. The van der Waals surface area contributed by atoms with Gasteiger partial charge in [0.1, 0.15) is 0 Å². The second-order valence-corrected chi connectivity index (χ2v) is 15.1. The van der Waals surface area contributed by atoms with Gasteiger partial charge in [-0.3, -0.25) is 0 Å². The molecule has 3 N–H and O–H groups in total. The molecule has 0 fully saturated rings. The van der Waals surface area contributed by atoms with Crippen molar-refractivity contribution >= 4 is 38.5 Å². The quantitative estimate of drug-likeness (QED) is 0.0990. The number of aliphatic hydroxyl groups is 1. The monoisotopic (exact) mass is 720 g/mol. The predicted molar refractivity (Wildman–Crippen MR) is 204 cm³/mol. The number of nitrogens with one attached hydrogen (secondary N) is 1. The van der Waals surface area contributed by atoms with Crippen LogP contribution in [0.15, 0.2) is 121 Å². The molecule has 0 spiro atoms. The van der Waals surface area contributed by atoms with Crippen molar-refractivity contribution < 1.29 is 23.4 Å². The van der Waals surface area contributed by atoms with Gasteiger partial charge in [-0.05, 0) is 89.4 Å². The summed E-state index contributed by atoms with van der Waals surface area (Å²) in [5, 5.41) is 20.9. The highest BCUT2D eigenvalue weighted by molar-refractivity contribution is 7.88. The molecular weight excluding hydrogens is 680 g/mol. The molecule has 51 heavy (non-hydrogen) atoms. The van der Waals surface area contributed by atoms with E-state index in [1.807, 2.05) is 73.7 Å². The normalized spacial score (nSPS) is 11.8. The zero-order valence-electron chi connectivity index (χ0n) is 28.4. The van der Waals surface area contributed by atoms with Gasteiger partial charge in [0.15, 0.2) is 0 Å². The van der Waals surface area contributed by atoms with Gasteiger partial charge in [-0.25, -0.2) is 17.9 Å². The maximum Gasteiger partial charge on any atom is 0.335 e. The van der Waals surface area contributed by atoms with Crippen LogP contribution in [0.25, 0.3) is 10.9 Å². The molecule has 7 nitrogen and oxygen atoms in total. The van der Waals surface area contributed by atoms with Crippen molar-refractivity contribution in [3.63, 3.8) is 0 Å². The number of aliphatic hydroxyl groups excluding tert-OH is 1. The van der Waals surface area contributed by atoms with Gasteiger partial charge in [0.2, 0.25) is 10.0 Å². The Labute approximate surface area is 304 Å². The van der Waals surface area contributed by atoms with Crippen molar-refractivity contribution in [2.75, 3.05) is 6.54 Å². The Kier molecular flexibility index (Phi) is 11.4. The second kappa shape index (κ2) is 16.1. The van der Waals surface area contributed by atoms with Gasteiger partial charge in [-0.2, -0.15) is 0 Å². The fourth-order valence-corrected chi connectivity index (χ4v) is 8.41. The van der Waals surface area contributed by atoms with Crippen LogP contribution in [0.5, 0.6) is 0 Å². The van der Waals surface area contributed by atoms with E-state index < -0.39 is 16.0 Å². The van der Waals surface area contributed by atoms with Crippen molar-refractivity contribution in [2.45, 2.75) is 51.0 Å². The average Bonchev–Trinajstić information content (AvgIpc) is 3.40. The summed E-state index contributed by atoms with van der Waals surface area (Å²) in [5.41, 5.74) is 8.55. The first kappa shape index (κ1) is 36.1. The molecule has 1 heterocycles. The van der Waals surface area contributed by atoms with E-state index in [4.69, 9.17) is 11.6 Å². The third kappa shape index (κ3) is 8.43. The number of halogens is 1. The molecule has 0 saturated heterocycles. The number of carbonyl (C=O) groups is 1. The Balaban J connectivity index is 1.40. The third-order valence-corrected chi connectivity index (χ3v) is 11.0. The Morgan fingerprint density at radius 1 is 0.804 bits per heavy atom. The van der Waals surface area contributed by atoms with Crippen LogP contribution < -0.4 is 4.72 Å². The molecule has 9 heteroatoms. The number of hydrogen-bond donors (Lipinski definition) is 3. The number of hydrogen-bond acceptors (Lipinski definition) is 4. The molecule has 0 saturated carbocycles. The molecule has 0 atom stereocenters. The van der Waals surface area contributed by atoms with E-state index in [0.717, 1.165) is 57.3 Å². The highest BCUT2D eigenvalue weighted by Gasteiger charge is 2.26. The summed E-state index contributed by atoms with van der Waals surface area (Å²) >= 11 is 6.65. The van der Waals surface area contributed by atoms with Crippen LogP contribution >= 0.6 is 11.6 Å². The van der Waals surface area contributed by atoms with Gasteiger partial charge in [0.05, 0.1) is 24.0 Å². The van der Waals surface area contributed by atoms with Crippen LogP contribution in [0.2, 0.25) is 5.02 Å². The minimum Gasteiger partial charge on any atom is -0.478 e. The maximum atomic E-state index is 13.4. The molecule has 0 aliphatic rings. The molecule has 262 valence electrons. The number of sulfonamides is 1. The van der Waals surface area contributed by atoms with Gasteiger partial charge in [-0.15, -0.1) is 0 Å². The zero-order valence-corrected chi connectivity index (χ0v) is 30.0. The summed E-state index contributed by atoms with van der Waals surface area (Å²) < 4.78 is 32.0. The Morgan fingerprint density at radius 3 is 2.08 bits per heavy atom. The molecular formula is C42H41ClN2O5S. The molecule has 0 aliphatic heterocycles. The van der Waals surface area contributed by atoms with Crippen LogP contribution in [0, 0.1) is 6.92 Å². The number of nitrogens with zero attached hydrogens (tertiary/aromatic N) is 1. The van der Waals surface area contributed by atoms with Crippen molar-refractivity contribution in [1.82, 2.24) is 9.29 Å². The molecule has 0 amide bonds. The molecule has 0 aliphatic carbocycles. The van der Waals surface area contributed by atoms with E-state index >= 15 is 0 Å². The molecule has 5 aromatic carbocycles. The largest absolute Gasteiger partial charge is 0.478 e. The average molecular weight is 721 g/mol. The van der Waals surface area contributed by atoms with Crippen LogP contribution in [0.1, 0.15) is 67.5 Å². The minimum absolute atomic E-state index is 0.173. The van der Waals surface area contributed by atoms with E-state index in [1.54, 1.807) is 30.3 Å². The molecule has 6 aromatic rings. The van der Waals surface area contributed by atoms with Crippen LogP contribution in [0.4, 0.5) is 0 Å². The van der Waals surface area contributed by atoms with Crippen molar-refractivity contribution in [3.8, 4) is 0 Å². The first-order valence-corrected chi connectivity index (χ1v) is 19.1. The standard InChI is InChI=1S/C42H41ClN2O5S/c1-29-25-30(19-21-36(29)42(47)48)11-10-18-37-38-26-35(43)20-22-39(38)45(41(31-12-4-2-5-13-31)32-14-6-3-7-15-32)40(37)23-24-44-51(49,50)28-34-17-9-8-16-33(34)27-46/h2-9,12-17,19-22,25-26,41,44,46H,10-11,18,23-24,27-28H2,1H3,(H,47,48). The molecule has 1 aromatic heterocycles. The molecule has 6 rings (SSSR count). The molecule has 0 radical (unpaired) electrons. The lowest BCUT2D eigenvalue weighted by molar-refractivity contribution is 0.0696. The SMILES string of the molecule is Cc1cc(CCCc2c(CCNS(=O)(=O)Cc3ccccc3CO)n(C(c3ccccc3)c3ccccc3)c3ccc(Cl)cc23)ccc1C(=O)O. The molecule has 0 bridgehead atoms. The van der Waals surface area contributed by atoms with Gasteiger partial charge in [0, 0.05) is 34.6 Å². The number of aryl methyl sites for hydroxylation is 3. The lowest BCUT2D eigenvalue weighted by Crippen LogP contribution is -2.28. The fraction of sp³-hybridized carbons (Fsp3) is 0.214. The number of aromatic carboxylic acids is 1. The smallest absolute Gasteiger partial charge is 0.335 e. The van der Waals surface area contributed by atoms with Crippen molar-refractivity contribution in [2.24, 2.45) is 0 Å². The van der Waals surface area contributed by atoms with Crippen molar-refractivity contribution in [1.29, 1.82) is 0 Å². The lowest BCUT2D eigenvalue weighted by Gasteiger charge is -2.25. The van der Waals surface area contributed by atoms with Gasteiger partial charge < -0.3 is 14.8 Å². The summed E-state index contributed by atoms with van der Waals surface area (Å²) in [6.45, 7) is 1.76. The number of carboxylic acids is 1. The summed E-state index contributed by atoms with van der Waals surface area (Å²) in [6, 6.07) is 38.9. The van der Waals surface area contributed by atoms with Crippen LogP contribution in [-0.2, 0) is 41.6 Å². The van der Waals surface area contributed by atoms with E-state index in [-0.39, 0.29) is 24.9 Å². The third-order valence-electron chi connectivity index (χ3n) is 9.40. The zero-order chi connectivity index (χ0) is 36.0. The highest BCUT2D eigenvalue weighted by atomic mass is 35.5. The number of carboxylic acid groups (broad SMARTS) is 1. The topological polar surface area (TPSA) is 109 Å². The van der Waals surface area contributed by atoms with E-state index in [9.17, 15) is 23.4 Å². The highest BCUT2D eigenvalue weighted by Crippen LogP contribution is 2.38. The van der Waals surface area contributed by atoms with Gasteiger partial charge >= 0.3 is 5.97 Å². The van der Waals surface area contributed by atoms with Gasteiger partial charge in [-0.1, -0.05) is 109 Å². The predicted octanol–water partition coefficient (Wildman–Crippen LogP) is 8.27. The summed E-state index contributed by atoms with van der Waals surface area (Å²) in [7, 11) is -3.72. The second-order valence-electron chi connectivity index (χ2n) is 12.8. The van der Waals surface area contributed by atoms with Crippen LogP contribution in [-0.4, -0.2) is 35.7 Å².